The maximum Gasteiger partial charge on any atom is 0.315 e. The molecule has 162 valence electrons. The maximum atomic E-state index is 12.2. The summed E-state index contributed by atoms with van der Waals surface area (Å²) in [5.41, 5.74) is 2.76. The van der Waals surface area contributed by atoms with Gasteiger partial charge in [0.25, 0.3) is 0 Å². The van der Waals surface area contributed by atoms with E-state index in [2.05, 4.69) is 43.0 Å². The van der Waals surface area contributed by atoms with E-state index >= 15 is 0 Å². The van der Waals surface area contributed by atoms with Crippen molar-refractivity contribution >= 4 is 22.8 Å². The number of anilines is 1. The van der Waals surface area contributed by atoms with Crippen molar-refractivity contribution in [3.05, 3.63) is 78.9 Å². The topological polar surface area (TPSA) is 105 Å². The van der Waals surface area contributed by atoms with Gasteiger partial charge in [-0.25, -0.2) is 14.8 Å². The fourth-order valence-electron chi connectivity index (χ4n) is 3.44. The van der Waals surface area contributed by atoms with Crippen molar-refractivity contribution in [3.8, 4) is 11.4 Å². The molecule has 0 aliphatic heterocycles. The van der Waals surface area contributed by atoms with E-state index in [-0.39, 0.29) is 12.1 Å². The fourth-order valence-corrected chi connectivity index (χ4v) is 3.44. The van der Waals surface area contributed by atoms with Gasteiger partial charge in [0, 0.05) is 42.6 Å². The average Bonchev–Trinajstić information content (AvgIpc) is 2.83. The minimum absolute atomic E-state index is 0.139. The van der Waals surface area contributed by atoms with Gasteiger partial charge in [-0.3, -0.25) is 9.97 Å². The lowest BCUT2D eigenvalue weighted by Crippen LogP contribution is -2.46. The number of nitrogens with zero attached hydrogens (tertiary/aromatic N) is 4. The predicted octanol–water partition coefficient (Wildman–Crippen LogP) is 3.43. The van der Waals surface area contributed by atoms with Crippen LogP contribution in [0.15, 0.2) is 73.3 Å². The van der Waals surface area contributed by atoms with Crippen LogP contribution in [0.1, 0.15) is 12.5 Å². The normalized spacial score (nSPS) is 11.7. The van der Waals surface area contributed by atoms with E-state index in [0.29, 0.717) is 31.2 Å². The molecule has 32 heavy (non-hydrogen) atoms. The van der Waals surface area contributed by atoms with Gasteiger partial charge in [-0.15, -0.1) is 0 Å². The molecule has 0 unspecified atom stereocenters. The zero-order valence-electron chi connectivity index (χ0n) is 17.8. The van der Waals surface area contributed by atoms with E-state index in [0.717, 1.165) is 22.0 Å². The maximum absolute atomic E-state index is 12.2. The molecule has 3 N–H and O–H groups in total. The smallest absolute Gasteiger partial charge is 0.315 e. The molecule has 8 nitrogen and oxygen atoms in total. The van der Waals surface area contributed by atoms with E-state index < -0.39 is 0 Å². The number of nitrogens with one attached hydrogen (secondary N) is 3. The molecule has 0 radical (unpaired) electrons. The Labute approximate surface area is 186 Å². The molecule has 0 fully saturated rings. The fraction of sp³-hybridized carbons (Fsp3) is 0.208. The summed E-state index contributed by atoms with van der Waals surface area (Å²) in [5.74, 6) is 1.28. The highest BCUT2D eigenvalue weighted by Gasteiger charge is 2.15. The van der Waals surface area contributed by atoms with Crippen LogP contribution in [0, 0.1) is 0 Å². The van der Waals surface area contributed by atoms with E-state index in [9.17, 15) is 4.79 Å². The molecule has 0 aliphatic rings. The first-order valence-corrected chi connectivity index (χ1v) is 10.6. The Morgan fingerprint density at radius 1 is 0.969 bits per heavy atom. The minimum Gasteiger partial charge on any atom is -0.367 e. The van der Waals surface area contributed by atoms with Gasteiger partial charge in [-0.05, 0) is 37.1 Å². The molecule has 0 saturated heterocycles. The molecule has 0 aliphatic carbocycles. The van der Waals surface area contributed by atoms with Gasteiger partial charge in [0.2, 0.25) is 0 Å². The van der Waals surface area contributed by atoms with E-state index in [1.165, 1.54) is 0 Å². The van der Waals surface area contributed by atoms with E-state index in [1.807, 2.05) is 43.3 Å². The van der Waals surface area contributed by atoms with Crippen molar-refractivity contribution in [2.24, 2.45) is 0 Å². The monoisotopic (exact) mass is 427 g/mol. The Morgan fingerprint density at radius 3 is 2.53 bits per heavy atom. The Morgan fingerprint density at radius 2 is 1.75 bits per heavy atom. The van der Waals surface area contributed by atoms with E-state index in [1.54, 1.807) is 24.8 Å². The number of hydrogen-bond acceptors (Lipinski definition) is 6. The third-order valence-electron chi connectivity index (χ3n) is 4.95. The first-order chi connectivity index (χ1) is 15.7. The Bertz CT molecular complexity index is 1170. The predicted molar refractivity (Wildman–Crippen MR) is 125 cm³/mol. The van der Waals surface area contributed by atoms with Gasteiger partial charge in [-0.1, -0.05) is 30.3 Å². The first-order valence-electron chi connectivity index (χ1n) is 10.6. The van der Waals surface area contributed by atoms with Crippen LogP contribution in [0.2, 0.25) is 0 Å². The molecule has 3 heterocycles. The van der Waals surface area contributed by atoms with Crippen molar-refractivity contribution < 1.29 is 4.79 Å². The van der Waals surface area contributed by atoms with Crippen LogP contribution in [-0.4, -0.2) is 45.1 Å². The third kappa shape index (κ3) is 5.34. The second-order valence-corrected chi connectivity index (χ2v) is 7.30. The van der Waals surface area contributed by atoms with Crippen molar-refractivity contribution in [2.75, 3.05) is 18.4 Å². The van der Waals surface area contributed by atoms with Crippen LogP contribution in [0.5, 0.6) is 0 Å². The van der Waals surface area contributed by atoms with Crippen molar-refractivity contribution in [1.82, 2.24) is 30.6 Å². The summed E-state index contributed by atoms with van der Waals surface area (Å²) in [6.07, 6.45) is 7.56. The average molecular weight is 428 g/mol. The van der Waals surface area contributed by atoms with Gasteiger partial charge >= 0.3 is 6.03 Å². The first kappa shape index (κ1) is 21.2. The van der Waals surface area contributed by atoms with Crippen LogP contribution in [0.25, 0.3) is 22.3 Å². The zero-order chi connectivity index (χ0) is 22.2. The second kappa shape index (κ2) is 10.3. The zero-order valence-corrected chi connectivity index (χ0v) is 17.8. The summed E-state index contributed by atoms with van der Waals surface area (Å²) in [4.78, 5) is 29.9. The molecular formula is C24H25N7O. The molecule has 8 heteroatoms. The summed E-state index contributed by atoms with van der Waals surface area (Å²) in [5, 5.41) is 10.2. The second-order valence-electron chi connectivity index (χ2n) is 7.30. The number of carbonyl (C=O) groups is 1. The molecule has 4 aromatic rings. The highest BCUT2D eigenvalue weighted by atomic mass is 16.2. The number of aromatic nitrogens is 4. The molecular weight excluding hydrogens is 402 g/mol. The third-order valence-corrected chi connectivity index (χ3v) is 4.95. The Balaban J connectivity index is 1.60. The summed E-state index contributed by atoms with van der Waals surface area (Å²) < 4.78 is 0. The standard InChI is InChI=1S/C24H25N7O/c1-2-27-24(32)29-19(14-17-6-4-3-5-7-17)15-28-23-20-10-13-26-16-21(20)30-22(31-23)18-8-11-25-12-9-18/h3-13,16,19H,2,14-15H2,1H3,(H2,27,29,32)(H,28,30,31)/t19-/m0/s1. The summed E-state index contributed by atoms with van der Waals surface area (Å²) in [6.45, 7) is 2.96. The van der Waals surface area contributed by atoms with Gasteiger partial charge in [0.05, 0.1) is 17.8 Å². The van der Waals surface area contributed by atoms with Crippen LogP contribution < -0.4 is 16.0 Å². The number of urea groups is 1. The largest absolute Gasteiger partial charge is 0.367 e. The SMILES string of the molecule is CCNC(=O)N[C@H](CNc1nc(-c2ccncc2)nc2cnccc12)Cc1ccccc1. The minimum atomic E-state index is -0.190. The van der Waals surface area contributed by atoms with Gasteiger partial charge in [0.1, 0.15) is 5.82 Å². The van der Waals surface area contributed by atoms with Gasteiger partial charge in [-0.2, -0.15) is 0 Å². The van der Waals surface area contributed by atoms with Crippen LogP contribution >= 0.6 is 0 Å². The lowest BCUT2D eigenvalue weighted by Gasteiger charge is -2.21. The van der Waals surface area contributed by atoms with Gasteiger partial charge in [0.15, 0.2) is 5.82 Å². The summed E-state index contributed by atoms with van der Waals surface area (Å²) >= 11 is 0. The number of rotatable bonds is 8. The van der Waals surface area contributed by atoms with Crippen LogP contribution in [0.4, 0.5) is 10.6 Å². The Kier molecular flexibility index (Phi) is 6.81. The van der Waals surface area contributed by atoms with Crippen molar-refractivity contribution in [2.45, 2.75) is 19.4 Å². The molecule has 2 amide bonds. The number of hydrogen-bond donors (Lipinski definition) is 3. The highest BCUT2D eigenvalue weighted by Crippen LogP contribution is 2.24. The van der Waals surface area contributed by atoms with E-state index in [4.69, 9.17) is 4.98 Å². The Hall–Kier alpha value is -4.07. The number of amides is 2. The highest BCUT2D eigenvalue weighted by molar-refractivity contribution is 5.90. The van der Waals surface area contributed by atoms with Crippen molar-refractivity contribution in [3.63, 3.8) is 0 Å². The lowest BCUT2D eigenvalue weighted by molar-refractivity contribution is 0.238. The summed E-state index contributed by atoms with van der Waals surface area (Å²) in [6, 6.07) is 15.4. The van der Waals surface area contributed by atoms with Gasteiger partial charge < -0.3 is 16.0 Å². The number of pyridine rings is 2. The molecule has 1 aromatic carbocycles. The van der Waals surface area contributed by atoms with Crippen LogP contribution in [0.3, 0.4) is 0 Å². The number of fused-ring (bicyclic) bond motifs is 1. The number of benzene rings is 1. The molecule has 4 rings (SSSR count). The molecule has 0 spiro atoms. The quantitative estimate of drug-likeness (QED) is 0.398. The number of carbonyl (C=O) groups excluding carboxylic acids is 1. The van der Waals surface area contributed by atoms with Crippen molar-refractivity contribution in [1.29, 1.82) is 0 Å². The molecule has 0 saturated carbocycles. The summed E-state index contributed by atoms with van der Waals surface area (Å²) in [7, 11) is 0. The molecule has 3 aromatic heterocycles. The lowest BCUT2D eigenvalue weighted by atomic mass is 10.1. The molecule has 0 bridgehead atoms. The molecule has 1 atom stereocenters. The van der Waals surface area contributed by atoms with Crippen LogP contribution in [-0.2, 0) is 6.42 Å².